The highest BCUT2D eigenvalue weighted by atomic mass is 79.9. The van der Waals surface area contributed by atoms with Crippen molar-refractivity contribution in [3.05, 3.63) is 11.6 Å². The van der Waals surface area contributed by atoms with Crippen LogP contribution in [0.3, 0.4) is 0 Å². The predicted molar refractivity (Wildman–Crippen MR) is 103 cm³/mol. The van der Waals surface area contributed by atoms with Gasteiger partial charge in [-0.1, -0.05) is 36.7 Å². The average Bonchev–Trinajstić information content (AvgIpc) is 3.30. The van der Waals surface area contributed by atoms with Gasteiger partial charge in [-0.15, -0.1) is 0 Å². The van der Waals surface area contributed by atoms with Gasteiger partial charge in [-0.25, -0.2) is 0 Å². The van der Waals surface area contributed by atoms with Crippen LogP contribution in [0.4, 0.5) is 0 Å². The van der Waals surface area contributed by atoms with Crippen LogP contribution in [0.25, 0.3) is 0 Å². The first-order chi connectivity index (χ1) is 11.9. The zero-order chi connectivity index (χ0) is 17.6. The number of epoxide rings is 1. The van der Waals surface area contributed by atoms with E-state index in [2.05, 4.69) is 36.7 Å². The van der Waals surface area contributed by atoms with Crippen molar-refractivity contribution >= 4 is 21.7 Å². The molecule has 138 valence electrons. The molecule has 0 N–H and O–H groups in total. The Hall–Kier alpha value is -0.150. The first kappa shape index (κ1) is 17.0. The van der Waals surface area contributed by atoms with Crippen LogP contribution in [0.1, 0.15) is 59.3 Å². The minimum absolute atomic E-state index is 0.219. The summed E-state index contributed by atoms with van der Waals surface area (Å²) in [5.74, 6) is 4.23. The van der Waals surface area contributed by atoms with Crippen LogP contribution in [0, 0.1) is 40.4 Å². The zero-order valence-corrected chi connectivity index (χ0v) is 17.3. The van der Waals surface area contributed by atoms with Crippen LogP contribution < -0.4 is 0 Å². The van der Waals surface area contributed by atoms with Gasteiger partial charge in [0.15, 0.2) is 5.78 Å². The van der Waals surface area contributed by atoms with E-state index >= 15 is 0 Å². The molecular weight excluding hydrogens is 376 g/mol. The summed E-state index contributed by atoms with van der Waals surface area (Å²) in [5.41, 5.74) is 2.07. The quantitative estimate of drug-likeness (QED) is 0.468. The standard InChI is InChI=1S/C22H31BrO2/c1-12(11-23)14-4-5-15-18-16(7-9-21(14,15)2)22(3)8-6-13(24)10-17(22)19-20(18)25-19/h10,12,14-16,18-20H,4-9,11H2,1-3H3/t12-,14-,15?,16?,18?,19+,20-,21-,22-/m1/s1. The van der Waals surface area contributed by atoms with E-state index in [1.807, 2.05) is 6.08 Å². The Morgan fingerprint density at radius 1 is 1.24 bits per heavy atom. The van der Waals surface area contributed by atoms with Gasteiger partial charge in [0.25, 0.3) is 0 Å². The molecule has 2 nitrogen and oxygen atoms in total. The molecular formula is C22H31BrO2. The summed E-state index contributed by atoms with van der Waals surface area (Å²) < 4.78 is 6.28. The van der Waals surface area contributed by atoms with E-state index in [-0.39, 0.29) is 11.5 Å². The third kappa shape index (κ3) is 2.15. The van der Waals surface area contributed by atoms with Gasteiger partial charge in [-0.2, -0.15) is 0 Å². The van der Waals surface area contributed by atoms with Crippen molar-refractivity contribution < 1.29 is 9.53 Å². The number of ketones is 1. The van der Waals surface area contributed by atoms with Crippen molar-refractivity contribution in [3.8, 4) is 0 Å². The molecule has 0 bridgehead atoms. The number of rotatable bonds is 2. The van der Waals surface area contributed by atoms with E-state index in [4.69, 9.17) is 4.74 Å². The molecule has 5 rings (SSSR count). The Morgan fingerprint density at radius 3 is 2.80 bits per heavy atom. The second-order valence-corrected chi connectivity index (χ2v) is 10.8. The maximum absolute atomic E-state index is 12.0. The second kappa shape index (κ2) is 5.44. The van der Waals surface area contributed by atoms with E-state index in [1.165, 1.54) is 31.3 Å². The second-order valence-electron chi connectivity index (χ2n) is 10.2. The molecule has 5 aliphatic rings. The molecule has 0 aromatic rings. The van der Waals surface area contributed by atoms with Crippen molar-refractivity contribution in [3.63, 3.8) is 0 Å². The van der Waals surface area contributed by atoms with E-state index in [1.54, 1.807) is 0 Å². The molecule has 0 aromatic heterocycles. The smallest absolute Gasteiger partial charge is 0.155 e. The van der Waals surface area contributed by atoms with Crippen LogP contribution in [-0.2, 0) is 9.53 Å². The van der Waals surface area contributed by atoms with Gasteiger partial charge in [-0.3, -0.25) is 4.79 Å². The number of carbonyl (C=O) groups excluding carboxylic acids is 1. The van der Waals surface area contributed by atoms with Crippen molar-refractivity contribution in [1.82, 2.24) is 0 Å². The highest BCUT2D eigenvalue weighted by molar-refractivity contribution is 9.09. The Bertz CT molecular complexity index is 642. The van der Waals surface area contributed by atoms with Gasteiger partial charge in [0, 0.05) is 11.8 Å². The lowest BCUT2D eigenvalue weighted by molar-refractivity contribution is -0.117. The fourth-order valence-electron chi connectivity index (χ4n) is 7.89. The Morgan fingerprint density at radius 2 is 2.04 bits per heavy atom. The molecule has 0 radical (unpaired) electrons. The van der Waals surface area contributed by atoms with Crippen LogP contribution >= 0.6 is 15.9 Å². The number of hydrogen-bond acceptors (Lipinski definition) is 2. The number of carbonyl (C=O) groups is 1. The highest BCUT2D eigenvalue weighted by Gasteiger charge is 2.69. The normalized spacial score (nSPS) is 54.7. The molecule has 4 fully saturated rings. The maximum atomic E-state index is 12.0. The summed E-state index contributed by atoms with van der Waals surface area (Å²) in [6.45, 7) is 7.49. The number of halogens is 1. The summed E-state index contributed by atoms with van der Waals surface area (Å²) in [6, 6.07) is 0. The molecule has 1 saturated heterocycles. The lowest BCUT2D eigenvalue weighted by Crippen LogP contribution is -2.53. The molecule has 25 heavy (non-hydrogen) atoms. The van der Waals surface area contributed by atoms with Crippen LogP contribution in [0.15, 0.2) is 11.6 Å². The van der Waals surface area contributed by atoms with Crippen LogP contribution in [0.2, 0.25) is 0 Å². The van der Waals surface area contributed by atoms with Crippen molar-refractivity contribution in [2.75, 3.05) is 5.33 Å². The maximum Gasteiger partial charge on any atom is 0.155 e. The van der Waals surface area contributed by atoms with Gasteiger partial charge >= 0.3 is 0 Å². The Labute approximate surface area is 160 Å². The van der Waals surface area contributed by atoms with Crippen molar-refractivity contribution in [2.45, 2.75) is 71.5 Å². The fraction of sp³-hybridized carbons (Fsp3) is 0.864. The SMILES string of the molecule is C[C@H](CBr)[C@H]1CCC2C3C(CC[C@@]21C)[C@@]1(C)CCC(=O)C=C1[C@@H]1O[C@H]31. The molecule has 9 atom stereocenters. The molecule has 3 unspecified atom stereocenters. The molecule has 3 heteroatoms. The highest BCUT2D eigenvalue weighted by Crippen LogP contribution is 2.70. The van der Waals surface area contributed by atoms with Gasteiger partial charge < -0.3 is 4.74 Å². The summed E-state index contributed by atoms with van der Waals surface area (Å²) in [5, 5.41) is 1.13. The molecule has 4 aliphatic carbocycles. The monoisotopic (exact) mass is 406 g/mol. The largest absolute Gasteiger partial charge is 0.365 e. The number of fused-ring (bicyclic) bond motifs is 8. The van der Waals surface area contributed by atoms with E-state index in [9.17, 15) is 4.79 Å². The van der Waals surface area contributed by atoms with Crippen molar-refractivity contribution in [2.24, 2.45) is 40.4 Å². The minimum atomic E-state index is 0.219. The van der Waals surface area contributed by atoms with Gasteiger partial charge in [-0.05, 0) is 84.2 Å². The first-order valence-corrected chi connectivity index (χ1v) is 11.5. The minimum Gasteiger partial charge on any atom is -0.365 e. The van der Waals surface area contributed by atoms with Crippen LogP contribution in [-0.4, -0.2) is 23.3 Å². The summed E-state index contributed by atoms with van der Waals surface area (Å²) >= 11 is 3.75. The number of hydrogen-bond donors (Lipinski definition) is 0. The van der Waals surface area contributed by atoms with Crippen molar-refractivity contribution in [1.29, 1.82) is 0 Å². The molecule has 1 aliphatic heterocycles. The lowest BCUT2D eigenvalue weighted by Gasteiger charge is -2.57. The van der Waals surface area contributed by atoms with Gasteiger partial charge in [0.2, 0.25) is 0 Å². The summed E-state index contributed by atoms with van der Waals surface area (Å²) in [6.07, 6.45) is 9.94. The van der Waals surface area contributed by atoms with Crippen LogP contribution in [0.5, 0.6) is 0 Å². The number of alkyl halides is 1. The average molecular weight is 407 g/mol. The van der Waals surface area contributed by atoms with Gasteiger partial charge in [0.1, 0.15) is 6.10 Å². The lowest BCUT2D eigenvalue weighted by atomic mass is 9.46. The predicted octanol–water partition coefficient (Wildman–Crippen LogP) is 5.15. The third-order valence-corrected chi connectivity index (χ3v) is 10.3. The first-order valence-electron chi connectivity index (χ1n) is 10.4. The molecule has 0 spiro atoms. The topological polar surface area (TPSA) is 29.6 Å². The Kier molecular flexibility index (Phi) is 3.69. The summed E-state index contributed by atoms with van der Waals surface area (Å²) in [4.78, 5) is 12.0. The number of ether oxygens (including phenoxy) is 1. The van der Waals surface area contributed by atoms with E-state index in [0.717, 1.165) is 47.8 Å². The summed E-state index contributed by atoms with van der Waals surface area (Å²) in [7, 11) is 0. The third-order valence-electron chi connectivity index (χ3n) is 9.23. The Balaban J connectivity index is 1.51. The molecule has 0 aromatic carbocycles. The molecule has 3 saturated carbocycles. The van der Waals surface area contributed by atoms with E-state index < -0.39 is 0 Å². The fourth-order valence-corrected chi connectivity index (χ4v) is 8.34. The molecule has 1 heterocycles. The van der Waals surface area contributed by atoms with Gasteiger partial charge in [0.05, 0.1) is 6.10 Å². The zero-order valence-electron chi connectivity index (χ0n) is 15.8. The molecule has 0 amide bonds. The van der Waals surface area contributed by atoms with E-state index in [0.29, 0.717) is 17.3 Å².